The Morgan fingerprint density at radius 3 is 2.57 bits per heavy atom. The molecule has 1 heterocycles. The van der Waals surface area contributed by atoms with Crippen LogP contribution < -0.4 is 5.73 Å². The summed E-state index contributed by atoms with van der Waals surface area (Å²) in [5.74, 6) is 0. The first-order valence-electron chi connectivity index (χ1n) is 7.59. The molecule has 3 N–H and O–H groups in total. The van der Waals surface area contributed by atoms with Crippen molar-refractivity contribution < 1.29 is 9.52 Å². The molecule has 0 aliphatic heterocycles. The lowest BCUT2D eigenvalue weighted by Crippen LogP contribution is -2.04. The normalized spacial score (nSPS) is 12.8. The van der Waals surface area contributed by atoms with Crippen molar-refractivity contribution in [2.45, 2.75) is 13.0 Å². The molecule has 0 radical (unpaired) electrons. The number of para-hydroxylation sites is 1. The van der Waals surface area contributed by atoms with Crippen LogP contribution in [0.4, 0.5) is 5.69 Å². The molecule has 3 aromatic carbocycles. The van der Waals surface area contributed by atoms with Gasteiger partial charge in [0.15, 0.2) is 0 Å². The van der Waals surface area contributed by atoms with Crippen LogP contribution in [0.3, 0.4) is 0 Å². The predicted molar refractivity (Wildman–Crippen MR) is 93.4 cm³/mol. The van der Waals surface area contributed by atoms with E-state index in [0.717, 1.165) is 38.6 Å². The van der Waals surface area contributed by atoms with Gasteiger partial charge in [0.2, 0.25) is 0 Å². The van der Waals surface area contributed by atoms with E-state index in [-0.39, 0.29) is 0 Å². The first kappa shape index (κ1) is 13.9. The first-order valence-corrected chi connectivity index (χ1v) is 7.59. The van der Waals surface area contributed by atoms with E-state index in [1.807, 2.05) is 67.6 Å². The Morgan fingerprint density at radius 2 is 1.70 bits per heavy atom. The molecule has 1 aromatic heterocycles. The monoisotopic (exact) mass is 303 g/mol. The maximum Gasteiger partial charge on any atom is 0.135 e. The molecular formula is C20H17NO2. The van der Waals surface area contributed by atoms with Crippen LogP contribution in [-0.2, 0) is 0 Å². The van der Waals surface area contributed by atoms with E-state index < -0.39 is 6.10 Å². The third-order valence-electron chi connectivity index (χ3n) is 4.43. The Balaban J connectivity index is 1.85. The molecule has 0 bridgehead atoms. The van der Waals surface area contributed by atoms with Gasteiger partial charge in [-0.05, 0) is 41.8 Å². The van der Waals surface area contributed by atoms with Crippen LogP contribution >= 0.6 is 0 Å². The van der Waals surface area contributed by atoms with Gasteiger partial charge in [0.05, 0.1) is 0 Å². The van der Waals surface area contributed by atoms with E-state index in [9.17, 15) is 5.11 Å². The molecule has 1 atom stereocenters. The lowest BCUT2D eigenvalue weighted by atomic mass is 9.96. The minimum absolute atomic E-state index is 0.686. The topological polar surface area (TPSA) is 59.4 Å². The highest BCUT2D eigenvalue weighted by atomic mass is 16.3. The number of fused-ring (bicyclic) bond motifs is 3. The molecule has 0 saturated heterocycles. The van der Waals surface area contributed by atoms with Crippen molar-refractivity contribution in [1.29, 1.82) is 0 Å². The smallest absolute Gasteiger partial charge is 0.135 e. The molecule has 4 rings (SSSR count). The quantitative estimate of drug-likeness (QED) is 0.534. The zero-order valence-corrected chi connectivity index (χ0v) is 12.8. The number of anilines is 1. The summed E-state index contributed by atoms with van der Waals surface area (Å²) in [4.78, 5) is 0. The number of furan rings is 1. The third-order valence-corrected chi connectivity index (χ3v) is 4.43. The largest absolute Gasteiger partial charge is 0.456 e. The molecule has 0 saturated carbocycles. The minimum atomic E-state index is -0.726. The summed E-state index contributed by atoms with van der Waals surface area (Å²) in [5.41, 5.74) is 10.8. The van der Waals surface area contributed by atoms with E-state index in [4.69, 9.17) is 10.2 Å². The number of hydrogen-bond donors (Lipinski definition) is 2. The summed E-state index contributed by atoms with van der Waals surface area (Å²) in [5, 5.41) is 12.9. The first-order chi connectivity index (χ1) is 11.1. The predicted octanol–water partition coefficient (Wildman–Crippen LogP) is 4.56. The second-order valence-electron chi connectivity index (χ2n) is 5.82. The molecule has 3 heteroatoms. The van der Waals surface area contributed by atoms with Gasteiger partial charge in [-0.15, -0.1) is 0 Å². The molecule has 1 unspecified atom stereocenters. The van der Waals surface area contributed by atoms with Crippen LogP contribution in [0.15, 0.2) is 65.1 Å². The van der Waals surface area contributed by atoms with Gasteiger partial charge < -0.3 is 15.3 Å². The molecule has 0 fully saturated rings. The van der Waals surface area contributed by atoms with Gasteiger partial charge in [-0.2, -0.15) is 0 Å². The van der Waals surface area contributed by atoms with Crippen molar-refractivity contribution in [3.8, 4) is 0 Å². The SMILES string of the molecule is Cc1c(N)cccc1C(O)c1ccc2c(c1)oc1ccccc12. The van der Waals surface area contributed by atoms with Gasteiger partial charge in [0.1, 0.15) is 17.3 Å². The van der Waals surface area contributed by atoms with Gasteiger partial charge in [-0.25, -0.2) is 0 Å². The Labute approximate surface area is 134 Å². The average molecular weight is 303 g/mol. The van der Waals surface area contributed by atoms with Crippen molar-refractivity contribution in [2.24, 2.45) is 0 Å². The molecule has 0 aliphatic rings. The Hall–Kier alpha value is -2.78. The van der Waals surface area contributed by atoms with Crippen LogP contribution in [0, 0.1) is 6.92 Å². The van der Waals surface area contributed by atoms with E-state index in [1.165, 1.54) is 0 Å². The van der Waals surface area contributed by atoms with Crippen LogP contribution in [0.5, 0.6) is 0 Å². The summed E-state index contributed by atoms with van der Waals surface area (Å²) in [6, 6.07) is 19.4. The average Bonchev–Trinajstić information content (AvgIpc) is 2.94. The molecule has 23 heavy (non-hydrogen) atoms. The van der Waals surface area contributed by atoms with Crippen LogP contribution in [0.25, 0.3) is 21.9 Å². The van der Waals surface area contributed by atoms with Gasteiger partial charge in [-0.3, -0.25) is 0 Å². The highest BCUT2D eigenvalue weighted by molar-refractivity contribution is 6.04. The summed E-state index contributed by atoms with van der Waals surface area (Å²) >= 11 is 0. The number of aliphatic hydroxyl groups excluding tert-OH is 1. The summed E-state index contributed by atoms with van der Waals surface area (Å²) in [6.45, 7) is 1.92. The van der Waals surface area contributed by atoms with Crippen LogP contribution in [0.2, 0.25) is 0 Å². The molecule has 3 nitrogen and oxygen atoms in total. The van der Waals surface area contributed by atoms with E-state index >= 15 is 0 Å². The Morgan fingerprint density at radius 1 is 0.913 bits per heavy atom. The van der Waals surface area contributed by atoms with Gasteiger partial charge in [0.25, 0.3) is 0 Å². The molecule has 0 amide bonds. The number of nitrogens with two attached hydrogens (primary N) is 1. The van der Waals surface area contributed by atoms with Crippen molar-refractivity contribution in [1.82, 2.24) is 0 Å². The van der Waals surface area contributed by atoms with Crippen molar-refractivity contribution in [3.05, 3.63) is 77.4 Å². The standard InChI is InChI=1S/C20H17NO2/c1-12-14(6-4-7-17(12)21)20(22)13-9-10-16-15-5-2-3-8-18(15)23-19(16)11-13/h2-11,20,22H,21H2,1H3. The van der Waals surface area contributed by atoms with Gasteiger partial charge in [-0.1, -0.05) is 42.5 Å². The molecule has 114 valence electrons. The van der Waals surface area contributed by atoms with Gasteiger partial charge in [0, 0.05) is 16.5 Å². The zero-order chi connectivity index (χ0) is 16.0. The fourth-order valence-corrected chi connectivity index (χ4v) is 3.06. The molecule has 0 spiro atoms. The number of aliphatic hydroxyl groups is 1. The summed E-state index contributed by atoms with van der Waals surface area (Å²) in [7, 11) is 0. The molecular weight excluding hydrogens is 286 g/mol. The highest BCUT2D eigenvalue weighted by Crippen LogP contribution is 2.33. The number of nitrogen functional groups attached to an aromatic ring is 1. The van der Waals surface area contributed by atoms with Crippen LogP contribution in [-0.4, -0.2) is 5.11 Å². The second-order valence-corrected chi connectivity index (χ2v) is 5.82. The van der Waals surface area contributed by atoms with E-state index in [1.54, 1.807) is 0 Å². The van der Waals surface area contributed by atoms with Crippen LogP contribution in [0.1, 0.15) is 22.8 Å². The van der Waals surface area contributed by atoms with E-state index in [0.29, 0.717) is 5.69 Å². The maximum atomic E-state index is 10.7. The molecule has 0 aliphatic carbocycles. The Kier molecular flexibility index (Phi) is 3.10. The second kappa shape index (κ2) is 5.14. The Bertz CT molecular complexity index is 1020. The van der Waals surface area contributed by atoms with Crippen molar-refractivity contribution in [3.63, 3.8) is 0 Å². The highest BCUT2D eigenvalue weighted by Gasteiger charge is 2.16. The molecule has 4 aromatic rings. The lowest BCUT2D eigenvalue weighted by molar-refractivity contribution is 0.219. The van der Waals surface area contributed by atoms with E-state index in [2.05, 4.69) is 0 Å². The number of hydrogen-bond acceptors (Lipinski definition) is 3. The summed E-state index contributed by atoms with van der Waals surface area (Å²) < 4.78 is 5.90. The third kappa shape index (κ3) is 2.17. The van der Waals surface area contributed by atoms with Crippen molar-refractivity contribution in [2.75, 3.05) is 5.73 Å². The number of benzene rings is 3. The van der Waals surface area contributed by atoms with Gasteiger partial charge >= 0.3 is 0 Å². The fraction of sp³-hybridized carbons (Fsp3) is 0.100. The summed E-state index contributed by atoms with van der Waals surface area (Å²) in [6.07, 6.45) is -0.726. The number of rotatable bonds is 2. The fourth-order valence-electron chi connectivity index (χ4n) is 3.06. The maximum absolute atomic E-state index is 10.7. The lowest BCUT2D eigenvalue weighted by Gasteiger charge is -2.15. The zero-order valence-electron chi connectivity index (χ0n) is 12.8. The van der Waals surface area contributed by atoms with Crippen molar-refractivity contribution >= 4 is 27.6 Å². The minimum Gasteiger partial charge on any atom is -0.456 e.